The number of fused-ring (bicyclic) bond motifs is 8. The highest BCUT2D eigenvalue weighted by atomic mass is 15.1. The lowest BCUT2D eigenvalue weighted by atomic mass is 9.67. The van der Waals surface area contributed by atoms with Crippen molar-refractivity contribution < 1.29 is 0 Å². The van der Waals surface area contributed by atoms with Crippen LogP contribution in [0.3, 0.4) is 0 Å². The lowest BCUT2D eigenvalue weighted by Crippen LogP contribution is -2.28. The summed E-state index contributed by atoms with van der Waals surface area (Å²) in [4.78, 5) is 11.5. The Balaban J connectivity index is 0.928. The second-order valence-corrected chi connectivity index (χ2v) is 18.6. The largest absolute Gasteiger partial charge is 0.315 e. The predicted molar refractivity (Wildman–Crippen MR) is 296 cm³/mol. The van der Waals surface area contributed by atoms with Crippen LogP contribution in [0.15, 0.2) is 273 Å². The summed E-state index contributed by atoms with van der Waals surface area (Å²) in [5.41, 5.74) is 19.2. The predicted octanol–water partition coefficient (Wildman–Crippen LogP) is 16.7. The zero-order valence-electron chi connectivity index (χ0n) is 39.2. The molecule has 0 spiro atoms. The number of aromatic nitrogens is 4. The smallest absolute Gasteiger partial charge is 0.159 e. The third-order valence-corrected chi connectivity index (χ3v) is 14.7. The van der Waals surface area contributed by atoms with E-state index in [4.69, 9.17) is 0 Å². The molecule has 0 bridgehead atoms. The molecule has 1 aliphatic rings. The molecular weight excluding hydrogens is 875 g/mol. The van der Waals surface area contributed by atoms with Crippen LogP contribution < -0.4 is 4.90 Å². The van der Waals surface area contributed by atoms with Gasteiger partial charge in [0.1, 0.15) is 0 Å². The van der Waals surface area contributed by atoms with Crippen LogP contribution in [0.5, 0.6) is 0 Å². The molecule has 0 amide bonds. The van der Waals surface area contributed by atoms with Crippen LogP contribution in [0.4, 0.5) is 17.1 Å². The minimum atomic E-state index is -0.535. The van der Waals surface area contributed by atoms with Crippen molar-refractivity contribution >= 4 is 49.8 Å². The average Bonchev–Trinajstić information content (AvgIpc) is 4.14. The first-order valence-corrected chi connectivity index (χ1v) is 24.5. The first-order valence-electron chi connectivity index (χ1n) is 24.5. The van der Waals surface area contributed by atoms with Gasteiger partial charge in [-0.3, -0.25) is 0 Å². The summed E-state index contributed by atoms with van der Waals surface area (Å²) in [5, 5.41) is 3.63. The van der Waals surface area contributed by atoms with Crippen molar-refractivity contribution in [1.82, 2.24) is 19.1 Å². The minimum Gasteiger partial charge on any atom is -0.315 e. The van der Waals surface area contributed by atoms with Crippen molar-refractivity contribution in [3.05, 3.63) is 296 Å². The van der Waals surface area contributed by atoms with E-state index >= 15 is 0 Å². The molecule has 72 heavy (non-hydrogen) atoms. The molecule has 0 fully saturated rings. The van der Waals surface area contributed by atoms with E-state index in [2.05, 4.69) is 279 Å². The Morgan fingerprint density at radius 2 is 0.944 bits per heavy atom. The SMILES string of the molecule is c1ccc(-n2ccc3ccc4c5cc(-c6ccc(N(c7ccc(-c8ncccn8)cc7)c7ccc8c(c7)C(c7ccccc7)(c7ccccc7)c7ccccc7-8)cc6)ccc5n(-c5ccccc5)c4c32)cc1. The second-order valence-electron chi connectivity index (χ2n) is 18.6. The first-order chi connectivity index (χ1) is 35.7. The van der Waals surface area contributed by atoms with Gasteiger partial charge in [0.05, 0.1) is 22.0 Å². The van der Waals surface area contributed by atoms with Gasteiger partial charge in [-0.25, -0.2) is 9.97 Å². The van der Waals surface area contributed by atoms with Gasteiger partial charge in [0.2, 0.25) is 0 Å². The van der Waals surface area contributed by atoms with Crippen molar-refractivity contribution in [3.63, 3.8) is 0 Å². The molecule has 3 aromatic heterocycles. The number of rotatable bonds is 9. The molecule has 0 aliphatic heterocycles. The normalized spacial score (nSPS) is 12.6. The van der Waals surface area contributed by atoms with Crippen LogP contribution >= 0.6 is 0 Å². The minimum absolute atomic E-state index is 0.535. The molecule has 13 aromatic rings. The average molecular weight is 920 g/mol. The van der Waals surface area contributed by atoms with Gasteiger partial charge in [0, 0.05) is 68.7 Å². The highest BCUT2D eigenvalue weighted by Crippen LogP contribution is 2.57. The molecule has 0 saturated carbocycles. The Morgan fingerprint density at radius 3 is 1.62 bits per heavy atom. The molecule has 1 aliphatic carbocycles. The monoisotopic (exact) mass is 919 g/mol. The Hall–Kier alpha value is -9.58. The number of hydrogen-bond donors (Lipinski definition) is 0. The maximum Gasteiger partial charge on any atom is 0.159 e. The molecule has 0 unspecified atom stereocenters. The van der Waals surface area contributed by atoms with Crippen molar-refractivity contribution in [2.45, 2.75) is 5.41 Å². The van der Waals surface area contributed by atoms with Crippen molar-refractivity contribution in [1.29, 1.82) is 0 Å². The van der Waals surface area contributed by atoms with E-state index in [1.807, 2.05) is 6.07 Å². The van der Waals surface area contributed by atoms with E-state index in [1.165, 1.54) is 66.1 Å². The number of hydrogen-bond acceptors (Lipinski definition) is 3. The lowest BCUT2D eigenvalue weighted by Gasteiger charge is -2.35. The number of benzene rings is 10. The fourth-order valence-corrected chi connectivity index (χ4v) is 11.6. The molecular formula is C67H45N5. The van der Waals surface area contributed by atoms with E-state index in [0.717, 1.165) is 45.1 Å². The summed E-state index contributed by atoms with van der Waals surface area (Å²) in [6.07, 6.45) is 5.78. The maximum atomic E-state index is 4.56. The zero-order chi connectivity index (χ0) is 47.6. The third kappa shape index (κ3) is 6.48. The Morgan fingerprint density at radius 1 is 0.375 bits per heavy atom. The van der Waals surface area contributed by atoms with Crippen LogP contribution in [0.1, 0.15) is 22.3 Å². The summed E-state index contributed by atoms with van der Waals surface area (Å²) in [6.45, 7) is 0. The quantitative estimate of drug-likeness (QED) is 0.145. The molecule has 5 heteroatoms. The van der Waals surface area contributed by atoms with Crippen LogP contribution in [-0.4, -0.2) is 19.1 Å². The summed E-state index contributed by atoms with van der Waals surface area (Å²) in [7, 11) is 0. The van der Waals surface area contributed by atoms with Crippen LogP contribution in [0.25, 0.3) is 77.7 Å². The van der Waals surface area contributed by atoms with E-state index in [0.29, 0.717) is 5.82 Å². The number of nitrogens with zero attached hydrogens (tertiary/aromatic N) is 5. The van der Waals surface area contributed by atoms with Crippen molar-refractivity contribution in [2.24, 2.45) is 0 Å². The van der Waals surface area contributed by atoms with Crippen LogP contribution in [-0.2, 0) is 5.41 Å². The van der Waals surface area contributed by atoms with Crippen LogP contribution in [0.2, 0.25) is 0 Å². The topological polar surface area (TPSA) is 38.9 Å². The molecule has 0 N–H and O–H groups in total. The van der Waals surface area contributed by atoms with Gasteiger partial charge in [0.15, 0.2) is 5.82 Å². The van der Waals surface area contributed by atoms with E-state index in [9.17, 15) is 0 Å². The van der Waals surface area contributed by atoms with Crippen molar-refractivity contribution in [3.8, 4) is 45.0 Å². The van der Waals surface area contributed by atoms with E-state index < -0.39 is 5.41 Å². The summed E-state index contributed by atoms with van der Waals surface area (Å²) in [6, 6.07) is 92.7. The van der Waals surface area contributed by atoms with Gasteiger partial charge >= 0.3 is 0 Å². The number of anilines is 3. The molecule has 14 rings (SSSR count). The lowest BCUT2D eigenvalue weighted by molar-refractivity contribution is 0.768. The summed E-state index contributed by atoms with van der Waals surface area (Å²) in [5.74, 6) is 0.698. The Labute approximate surface area is 417 Å². The molecule has 0 radical (unpaired) electrons. The van der Waals surface area contributed by atoms with E-state index in [-0.39, 0.29) is 0 Å². The Kier molecular flexibility index (Phi) is 9.68. The summed E-state index contributed by atoms with van der Waals surface area (Å²) < 4.78 is 4.76. The van der Waals surface area contributed by atoms with Gasteiger partial charge < -0.3 is 14.0 Å². The molecule has 0 atom stereocenters. The third-order valence-electron chi connectivity index (χ3n) is 14.7. The second kappa shape index (κ2) is 16.8. The molecule has 0 saturated heterocycles. The Bertz CT molecular complexity index is 4070. The van der Waals surface area contributed by atoms with Gasteiger partial charge in [-0.2, -0.15) is 0 Å². The first kappa shape index (κ1) is 41.4. The number of para-hydroxylation sites is 2. The van der Waals surface area contributed by atoms with Crippen LogP contribution in [0, 0.1) is 0 Å². The summed E-state index contributed by atoms with van der Waals surface area (Å²) >= 11 is 0. The van der Waals surface area contributed by atoms with Gasteiger partial charge in [0.25, 0.3) is 0 Å². The standard InChI is InChI=1S/C67H45N5/c1-5-16-50(17-6-1)67(51-18-7-2-8-19-51)61-25-14-13-24-57(61)58-38-36-56(45-62(58)67)71(55-34-28-48(29-35-55)66-68-41-15-42-69-66)54-32-26-46(27-33-54)49-31-39-63-60(44-49)59-37-30-47-40-43-70(52-20-9-3-10-21-52)64(47)65(59)72(63)53-22-11-4-12-23-53/h1-45H. The van der Waals surface area contributed by atoms with Crippen molar-refractivity contribution in [2.75, 3.05) is 4.90 Å². The highest BCUT2D eigenvalue weighted by Gasteiger charge is 2.46. The highest BCUT2D eigenvalue weighted by molar-refractivity contribution is 6.19. The molecule has 338 valence electrons. The fraction of sp³-hybridized carbons (Fsp3) is 0.0149. The van der Waals surface area contributed by atoms with Gasteiger partial charge in [-0.15, -0.1) is 0 Å². The maximum absolute atomic E-state index is 4.56. The fourth-order valence-electron chi connectivity index (χ4n) is 11.6. The molecule has 3 heterocycles. The molecule has 10 aromatic carbocycles. The van der Waals surface area contributed by atoms with E-state index in [1.54, 1.807) is 12.4 Å². The van der Waals surface area contributed by atoms with Gasteiger partial charge in [-0.05, 0) is 142 Å². The zero-order valence-corrected chi connectivity index (χ0v) is 39.2. The molecule has 5 nitrogen and oxygen atoms in total. The van der Waals surface area contributed by atoms with Gasteiger partial charge in [-0.1, -0.05) is 158 Å².